The number of benzene rings is 1. The Morgan fingerprint density at radius 3 is 2.08 bits per heavy atom. The van der Waals surface area contributed by atoms with Gasteiger partial charge in [0.25, 0.3) is 0 Å². The van der Waals surface area contributed by atoms with Gasteiger partial charge in [0.1, 0.15) is 0 Å². The molecule has 3 rings (SSSR count). The molecule has 2 N–H and O–H groups in total. The maximum Gasteiger partial charge on any atom is 2.00 e. The van der Waals surface area contributed by atoms with E-state index < -0.39 is 0 Å². The van der Waals surface area contributed by atoms with Crippen molar-refractivity contribution in [1.29, 1.82) is 0 Å². The Bertz CT molecular complexity index is 450. The normalized spacial score (nSPS) is 18.6. The van der Waals surface area contributed by atoms with Crippen LogP contribution in [0.15, 0.2) is 30.3 Å². The van der Waals surface area contributed by atoms with Crippen molar-refractivity contribution in [1.82, 2.24) is 4.90 Å². The third-order valence-electron chi connectivity index (χ3n) is 4.10. The minimum atomic E-state index is -0.357. The van der Waals surface area contributed by atoms with Crippen molar-refractivity contribution >= 4 is 0 Å². The van der Waals surface area contributed by atoms with Crippen molar-refractivity contribution in [2.75, 3.05) is 19.7 Å². The molecule has 1 aliphatic carbocycles. The molecule has 128 valence electrons. The first-order valence-electron chi connectivity index (χ1n) is 8.64. The fraction of sp³-hybridized carbons (Fsp3) is 0.600. The zero-order chi connectivity index (χ0) is 17.1. The molecule has 2 unspecified atom stereocenters. The molecule has 2 aliphatic rings. The molecule has 2 atom stereocenters. The predicted molar refractivity (Wildman–Crippen MR) is 94.3 cm³/mol. The van der Waals surface area contributed by atoms with Gasteiger partial charge in [-0.3, -0.25) is 4.90 Å². The van der Waals surface area contributed by atoms with Crippen LogP contribution in [0.25, 0.3) is 0 Å². The van der Waals surface area contributed by atoms with Crippen LogP contribution in [0.5, 0.6) is 0 Å². The molecule has 1 heterocycles. The molecule has 4 heteroatoms. The summed E-state index contributed by atoms with van der Waals surface area (Å²) in [6, 6.07) is 10.2. The van der Waals surface area contributed by atoms with Crippen LogP contribution < -0.4 is 0 Å². The number of rotatable bonds is 3. The monoisotopic (exact) mass is 380 g/mol. The summed E-state index contributed by atoms with van der Waals surface area (Å²) in [7, 11) is 0. The number of aliphatic hydroxyl groups excluding tert-OH is 2. The predicted octanol–water partition coefficient (Wildman–Crippen LogP) is 3.19. The Balaban J connectivity index is 0.000000491. The number of hydrogen-bond donors (Lipinski definition) is 2. The molecule has 0 bridgehead atoms. The molecule has 0 radical (unpaired) electrons. The molecular weight excluding hydrogens is 352 g/mol. The molecule has 1 aliphatic heterocycles. The van der Waals surface area contributed by atoms with Gasteiger partial charge in [-0.2, -0.15) is 0 Å². The van der Waals surface area contributed by atoms with Gasteiger partial charge in [0.15, 0.2) is 0 Å². The van der Waals surface area contributed by atoms with Gasteiger partial charge in [0.05, 0.1) is 6.10 Å². The fourth-order valence-electron chi connectivity index (χ4n) is 2.50. The molecule has 0 spiro atoms. The van der Waals surface area contributed by atoms with Crippen molar-refractivity contribution in [2.24, 2.45) is 5.92 Å². The molecule has 1 saturated carbocycles. The van der Waals surface area contributed by atoms with Gasteiger partial charge >= 0.3 is 19.5 Å². The number of likely N-dealkylation sites (tertiary alicyclic amines) is 1. The van der Waals surface area contributed by atoms with Crippen molar-refractivity contribution in [3.05, 3.63) is 42.3 Å². The summed E-state index contributed by atoms with van der Waals surface area (Å²) < 4.78 is 0. The summed E-state index contributed by atoms with van der Waals surface area (Å²) in [5.74, 6) is 2.94. The average Bonchev–Trinajstić information content (AvgIpc) is 3.28. The molecule has 3 nitrogen and oxygen atoms in total. The molecule has 1 aromatic carbocycles. The Morgan fingerprint density at radius 1 is 1.21 bits per heavy atom. The second-order valence-corrected chi connectivity index (χ2v) is 6.07. The first-order chi connectivity index (χ1) is 11.1. The zero-order valence-corrected chi connectivity index (χ0v) is 18.1. The van der Waals surface area contributed by atoms with Gasteiger partial charge in [0, 0.05) is 12.6 Å². The van der Waals surface area contributed by atoms with Crippen LogP contribution in [0.1, 0.15) is 51.2 Å². The standard InChI is InChI=1S/C13H19NO.C5H5.C2H6O.Zn/c1-11(14-9-5-6-10-14)13(15)12-7-3-2-4-8-12;1-2-5-3-4-5;1-2-3;/h2-4,7-8,11,13,15H,5-6,9-10H2,1H3;5H,3-4H2;3H,2H2,1H3;/q;-1;;+2. The van der Waals surface area contributed by atoms with Gasteiger partial charge in [-0.1, -0.05) is 30.3 Å². The van der Waals surface area contributed by atoms with E-state index in [1.165, 1.54) is 25.7 Å². The van der Waals surface area contributed by atoms with E-state index in [2.05, 4.69) is 17.7 Å². The van der Waals surface area contributed by atoms with Crippen molar-refractivity contribution in [3.8, 4) is 5.92 Å². The molecule has 0 aromatic heterocycles. The van der Waals surface area contributed by atoms with Gasteiger partial charge in [-0.15, -0.1) is 0 Å². The van der Waals surface area contributed by atoms with Crippen LogP contribution in [-0.2, 0) is 19.5 Å². The van der Waals surface area contributed by atoms with Crippen LogP contribution >= 0.6 is 0 Å². The molecule has 2 fully saturated rings. The van der Waals surface area contributed by atoms with E-state index in [1.807, 2.05) is 30.3 Å². The Morgan fingerprint density at radius 2 is 1.71 bits per heavy atom. The summed E-state index contributed by atoms with van der Waals surface area (Å²) in [4.78, 5) is 2.37. The maximum atomic E-state index is 10.2. The van der Waals surface area contributed by atoms with E-state index in [9.17, 15) is 5.11 Å². The Kier molecular flexibility index (Phi) is 13.2. The minimum Gasteiger partial charge on any atom is -0.693 e. The molecule has 24 heavy (non-hydrogen) atoms. The minimum absolute atomic E-state index is 0. The molecule has 1 saturated heterocycles. The third-order valence-corrected chi connectivity index (χ3v) is 4.10. The molecule has 1 aromatic rings. The maximum absolute atomic E-state index is 10.2. The SMILES string of the molecule is CC(C(O)c1ccccc1)N1CCCC1.CCO.[C-]#CC1CC1.[Zn+2]. The third kappa shape index (κ3) is 8.95. The van der Waals surface area contributed by atoms with Gasteiger partial charge in [-0.25, -0.2) is 0 Å². The van der Waals surface area contributed by atoms with Gasteiger partial charge < -0.3 is 22.6 Å². The van der Waals surface area contributed by atoms with Crippen molar-refractivity contribution in [2.45, 2.75) is 51.7 Å². The van der Waals surface area contributed by atoms with E-state index in [0.717, 1.165) is 18.7 Å². The van der Waals surface area contributed by atoms with E-state index >= 15 is 0 Å². The number of hydrogen-bond acceptors (Lipinski definition) is 3. The number of nitrogens with zero attached hydrogens (tertiary/aromatic N) is 1. The number of aliphatic hydroxyl groups is 2. The Hall–Kier alpha value is -0.717. The van der Waals surface area contributed by atoms with Crippen LogP contribution in [0.3, 0.4) is 0 Å². The fourth-order valence-corrected chi connectivity index (χ4v) is 2.50. The van der Waals surface area contributed by atoms with E-state index in [4.69, 9.17) is 11.5 Å². The summed E-state index contributed by atoms with van der Waals surface area (Å²) in [5.41, 5.74) is 1.02. The van der Waals surface area contributed by atoms with E-state index in [0.29, 0.717) is 5.92 Å². The average molecular weight is 382 g/mol. The summed E-state index contributed by atoms with van der Waals surface area (Å²) >= 11 is 0. The zero-order valence-electron chi connectivity index (χ0n) is 15.1. The van der Waals surface area contributed by atoms with Crippen LogP contribution in [0, 0.1) is 18.3 Å². The Labute approximate surface area is 160 Å². The summed E-state index contributed by atoms with van der Waals surface area (Å²) in [6.45, 7) is 6.30. The second kappa shape index (κ2) is 13.6. The first kappa shape index (κ1) is 23.3. The molecular formula is C20H30NO2Zn+. The smallest absolute Gasteiger partial charge is 0.693 e. The van der Waals surface area contributed by atoms with Gasteiger partial charge in [-0.05, 0) is 64.1 Å². The topological polar surface area (TPSA) is 43.7 Å². The van der Waals surface area contributed by atoms with Crippen LogP contribution in [0.4, 0.5) is 0 Å². The van der Waals surface area contributed by atoms with Crippen LogP contribution in [-0.4, -0.2) is 40.9 Å². The van der Waals surface area contributed by atoms with E-state index in [-0.39, 0.29) is 38.2 Å². The van der Waals surface area contributed by atoms with Gasteiger partial charge in [0.2, 0.25) is 0 Å². The summed E-state index contributed by atoms with van der Waals surface area (Å²) in [5, 5.41) is 17.8. The quantitative estimate of drug-likeness (QED) is 0.480. The largest absolute Gasteiger partial charge is 2.00 e. The van der Waals surface area contributed by atoms with Crippen molar-refractivity contribution in [3.63, 3.8) is 0 Å². The second-order valence-electron chi connectivity index (χ2n) is 6.07. The van der Waals surface area contributed by atoms with Crippen LogP contribution in [0.2, 0.25) is 0 Å². The molecule has 0 amide bonds. The van der Waals surface area contributed by atoms with E-state index in [1.54, 1.807) is 6.92 Å². The van der Waals surface area contributed by atoms with Crippen molar-refractivity contribution < 1.29 is 29.7 Å². The summed E-state index contributed by atoms with van der Waals surface area (Å²) in [6.07, 6.45) is 11.1. The first-order valence-corrected chi connectivity index (χ1v) is 8.64.